The molecular weight excluding hydrogens is 268 g/mol. The summed E-state index contributed by atoms with van der Waals surface area (Å²) in [5, 5.41) is 2.83. The Morgan fingerprint density at radius 3 is 2.78 bits per heavy atom. The maximum absolute atomic E-state index is 12.2. The van der Waals surface area contributed by atoms with Gasteiger partial charge < -0.3 is 4.90 Å². The average Bonchev–Trinajstić information content (AvgIpc) is 3.02. The number of nitrogens with zero attached hydrogens (tertiary/aromatic N) is 2. The molecule has 1 aliphatic carbocycles. The highest BCUT2D eigenvalue weighted by molar-refractivity contribution is 7.09. The number of aromatic nitrogens is 1. The van der Waals surface area contributed by atoms with Gasteiger partial charge in [0, 0.05) is 18.5 Å². The van der Waals surface area contributed by atoms with Gasteiger partial charge in [-0.2, -0.15) is 0 Å². The van der Waals surface area contributed by atoms with E-state index in [1.54, 1.807) is 0 Å². The lowest BCUT2D eigenvalue weighted by Gasteiger charge is -2.16. The van der Waals surface area contributed by atoms with Gasteiger partial charge in [-0.05, 0) is 24.7 Å². The molecule has 98 valence electrons. The summed E-state index contributed by atoms with van der Waals surface area (Å²) < 4.78 is 0. The lowest BCUT2D eigenvalue weighted by molar-refractivity contribution is -0.129. The number of thiazole rings is 1. The lowest BCUT2D eigenvalue weighted by Crippen LogP contribution is -2.30. The summed E-state index contributed by atoms with van der Waals surface area (Å²) in [6.45, 7) is 1.94. The van der Waals surface area contributed by atoms with E-state index in [0.717, 1.165) is 35.6 Å². The topological polar surface area (TPSA) is 33.2 Å². The first-order valence-corrected chi connectivity index (χ1v) is 7.94. The predicted molar refractivity (Wildman–Crippen MR) is 72.8 cm³/mol. The number of likely N-dealkylation sites (tertiary alicyclic amines) is 1. The fourth-order valence-electron chi connectivity index (χ4n) is 3.17. The third-order valence-corrected chi connectivity index (χ3v) is 5.29. The number of hydrogen-bond donors (Lipinski definition) is 0. The third kappa shape index (κ3) is 2.41. The van der Waals surface area contributed by atoms with Crippen LogP contribution in [0.3, 0.4) is 0 Å². The molecule has 1 saturated carbocycles. The molecule has 0 N–H and O–H groups in total. The van der Waals surface area contributed by atoms with E-state index in [2.05, 4.69) is 4.98 Å². The number of rotatable bonds is 3. The summed E-state index contributed by atoms with van der Waals surface area (Å²) in [5.74, 6) is 2.20. The molecule has 18 heavy (non-hydrogen) atoms. The van der Waals surface area contributed by atoms with Crippen LogP contribution in [-0.4, -0.2) is 28.9 Å². The summed E-state index contributed by atoms with van der Waals surface area (Å²) in [6.07, 6.45) is 4.41. The van der Waals surface area contributed by atoms with Crippen LogP contribution < -0.4 is 0 Å². The normalized spacial score (nSPS) is 26.6. The molecule has 0 aromatic carbocycles. The van der Waals surface area contributed by atoms with Crippen LogP contribution in [0.4, 0.5) is 0 Å². The monoisotopic (exact) mass is 284 g/mol. The van der Waals surface area contributed by atoms with Crippen molar-refractivity contribution in [1.82, 2.24) is 9.88 Å². The van der Waals surface area contributed by atoms with Crippen molar-refractivity contribution in [2.45, 2.75) is 31.6 Å². The molecule has 2 atom stereocenters. The average molecular weight is 285 g/mol. The summed E-state index contributed by atoms with van der Waals surface area (Å²) in [5.41, 5.74) is 0.878. The number of hydrogen-bond acceptors (Lipinski definition) is 3. The van der Waals surface area contributed by atoms with E-state index in [0.29, 0.717) is 12.3 Å². The highest BCUT2D eigenvalue weighted by Crippen LogP contribution is 2.37. The van der Waals surface area contributed by atoms with Crippen molar-refractivity contribution >= 4 is 28.8 Å². The van der Waals surface area contributed by atoms with E-state index in [1.165, 1.54) is 30.6 Å². The van der Waals surface area contributed by atoms with Gasteiger partial charge in [0.2, 0.25) is 5.91 Å². The van der Waals surface area contributed by atoms with E-state index in [4.69, 9.17) is 11.6 Å². The molecule has 0 spiro atoms. The molecule has 3 nitrogen and oxygen atoms in total. The van der Waals surface area contributed by atoms with E-state index in [9.17, 15) is 4.79 Å². The summed E-state index contributed by atoms with van der Waals surface area (Å²) >= 11 is 7.26. The largest absolute Gasteiger partial charge is 0.342 e. The Bertz CT molecular complexity index is 436. The molecule has 1 aromatic heterocycles. The summed E-state index contributed by atoms with van der Waals surface area (Å²) in [6, 6.07) is 0. The number of amides is 1. The molecule has 2 heterocycles. The smallest absolute Gasteiger partial charge is 0.229 e. The molecule has 0 bridgehead atoms. The third-order valence-electron chi connectivity index (χ3n) is 4.12. The zero-order chi connectivity index (χ0) is 12.5. The molecule has 1 saturated heterocycles. The zero-order valence-electron chi connectivity index (χ0n) is 10.3. The fraction of sp³-hybridized carbons (Fsp3) is 0.692. The van der Waals surface area contributed by atoms with Crippen molar-refractivity contribution in [2.24, 2.45) is 11.8 Å². The molecular formula is C13H17ClN2OS. The van der Waals surface area contributed by atoms with Gasteiger partial charge in [0.15, 0.2) is 0 Å². The molecule has 1 aliphatic heterocycles. The number of alkyl halides is 1. The van der Waals surface area contributed by atoms with Crippen LogP contribution in [0.15, 0.2) is 5.38 Å². The Labute approximate surface area is 116 Å². The van der Waals surface area contributed by atoms with Gasteiger partial charge in [0.25, 0.3) is 0 Å². The fourth-order valence-corrected chi connectivity index (χ4v) is 4.18. The molecule has 2 fully saturated rings. The van der Waals surface area contributed by atoms with Gasteiger partial charge in [0.05, 0.1) is 18.0 Å². The highest BCUT2D eigenvalue weighted by atomic mass is 35.5. The van der Waals surface area contributed by atoms with Crippen molar-refractivity contribution in [3.8, 4) is 0 Å². The van der Waals surface area contributed by atoms with Crippen LogP contribution in [0.25, 0.3) is 0 Å². The maximum Gasteiger partial charge on any atom is 0.229 e. The highest BCUT2D eigenvalue weighted by Gasteiger charge is 2.37. The van der Waals surface area contributed by atoms with Crippen molar-refractivity contribution in [3.63, 3.8) is 0 Å². The van der Waals surface area contributed by atoms with Crippen LogP contribution in [-0.2, 0) is 17.1 Å². The van der Waals surface area contributed by atoms with Crippen LogP contribution in [0, 0.1) is 11.8 Å². The zero-order valence-corrected chi connectivity index (χ0v) is 11.8. The van der Waals surface area contributed by atoms with Crippen molar-refractivity contribution < 1.29 is 4.79 Å². The Balaban J connectivity index is 1.58. The molecule has 5 heteroatoms. The Morgan fingerprint density at radius 2 is 2.17 bits per heavy atom. The number of halogens is 1. The lowest BCUT2D eigenvalue weighted by atomic mass is 10.0. The summed E-state index contributed by atoms with van der Waals surface area (Å²) in [4.78, 5) is 18.6. The van der Waals surface area contributed by atoms with E-state index in [1.807, 2.05) is 10.3 Å². The van der Waals surface area contributed by atoms with E-state index >= 15 is 0 Å². The number of carbonyl (C=O) groups excluding carboxylic acids is 1. The van der Waals surface area contributed by atoms with Gasteiger partial charge >= 0.3 is 0 Å². The second kappa shape index (κ2) is 5.17. The minimum atomic E-state index is 0.236. The molecule has 0 radical (unpaired) electrons. The standard InChI is InChI=1S/C13H17ClN2OS/c14-5-11-8-18-12(15-11)4-13(17)16-6-9-2-1-3-10(9)7-16/h8-10H,1-7H2. The quantitative estimate of drug-likeness (QED) is 0.800. The molecule has 2 aliphatic rings. The second-order valence-electron chi connectivity index (χ2n) is 5.29. The van der Waals surface area contributed by atoms with Crippen LogP contribution in [0.2, 0.25) is 0 Å². The number of carbonyl (C=O) groups is 1. The van der Waals surface area contributed by atoms with Gasteiger partial charge in [-0.1, -0.05) is 6.42 Å². The molecule has 3 rings (SSSR count). The van der Waals surface area contributed by atoms with Crippen LogP contribution >= 0.6 is 22.9 Å². The minimum absolute atomic E-state index is 0.236. The first kappa shape index (κ1) is 12.4. The Morgan fingerprint density at radius 1 is 1.44 bits per heavy atom. The van der Waals surface area contributed by atoms with Gasteiger partial charge in [-0.15, -0.1) is 22.9 Å². The van der Waals surface area contributed by atoms with Crippen molar-refractivity contribution in [1.29, 1.82) is 0 Å². The Hall–Kier alpha value is -0.610. The van der Waals surface area contributed by atoms with Gasteiger partial charge in [0.1, 0.15) is 5.01 Å². The first-order valence-electron chi connectivity index (χ1n) is 6.53. The van der Waals surface area contributed by atoms with Gasteiger partial charge in [-0.25, -0.2) is 4.98 Å². The first-order chi connectivity index (χ1) is 8.76. The predicted octanol–water partition coefficient (Wildman–Crippen LogP) is 2.68. The Kier molecular flexibility index (Phi) is 3.57. The number of fused-ring (bicyclic) bond motifs is 1. The van der Waals surface area contributed by atoms with Crippen molar-refractivity contribution in [2.75, 3.05) is 13.1 Å². The molecule has 2 unspecified atom stereocenters. The molecule has 1 aromatic rings. The van der Waals surface area contributed by atoms with E-state index in [-0.39, 0.29) is 5.91 Å². The second-order valence-corrected chi connectivity index (χ2v) is 6.50. The SMILES string of the molecule is O=C(Cc1nc(CCl)cs1)N1CC2CCCC2C1. The van der Waals surface area contributed by atoms with Gasteiger partial charge in [-0.3, -0.25) is 4.79 Å². The minimum Gasteiger partial charge on any atom is -0.342 e. The van der Waals surface area contributed by atoms with Crippen molar-refractivity contribution in [3.05, 3.63) is 16.1 Å². The van der Waals surface area contributed by atoms with E-state index < -0.39 is 0 Å². The molecule has 1 amide bonds. The maximum atomic E-state index is 12.2. The van der Waals surface area contributed by atoms with Crippen LogP contribution in [0.5, 0.6) is 0 Å². The van der Waals surface area contributed by atoms with Crippen LogP contribution in [0.1, 0.15) is 30.0 Å². The summed E-state index contributed by atoms with van der Waals surface area (Å²) in [7, 11) is 0.